The third-order valence-corrected chi connectivity index (χ3v) is 5.58. The molecule has 0 aliphatic heterocycles. The molecule has 1 unspecified atom stereocenters. The molecule has 4 nitrogen and oxygen atoms in total. The highest BCUT2D eigenvalue weighted by Crippen LogP contribution is 2.38. The zero-order valence-corrected chi connectivity index (χ0v) is 18.6. The van der Waals surface area contributed by atoms with Crippen molar-refractivity contribution in [2.45, 2.75) is 26.3 Å². The summed E-state index contributed by atoms with van der Waals surface area (Å²) in [5, 5.41) is 0.576. The van der Waals surface area contributed by atoms with Crippen LogP contribution in [0.5, 0.6) is 0 Å². The minimum absolute atomic E-state index is 0. The van der Waals surface area contributed by atoms with Gasteiger partial charge < -0.3 is 0 Å². The monoisotopic (exact) mass is 469 g/mol. The summed E-state index contributed by atoms with van der Waals surface area (Å²) in [4.78, 5) is 26.1. The normalized spacial score (nSPS) is 13.3. The number of carbonyl (C=O) groups excluding carboxylic acids is 2. The van der Waals surface area contributed by atoms with Gasteiger partial charge >= 0.3 is 11.8 Å². The van der Waals surface area contributed by atoms with Crippen molar-refractivity contribution in [2.24, 2.45) is 0 Å². The first kappa shape index (κ1) is 24.0. The van der Waals surface area contributed by atoms with Gasteiger partial charge in [0.1, 0.15) is 11.1 Å². The van der Waals surface area contributed by atoms with Crippen LogP contribution in [0, 0.1) is 0 Å². The van der Waals surface area contributed by atoms with E-state index in [1.807, 2.05) is 0 Å². The van der Waals surface area contributed by atoms with Gasteiger partial charge in [-0.25, -0.2) is 4.79 Å². The topological polar surface area (TPSA) is 37.4 Å². The second-order valence-electron chi connectivity index (χ2n) is 6.59. The largest absolute Gasteiger partial charge is 0.391 e. The summed E-state index contributed by atoms with van der Waals surface area (Å²) in [7, 11) is 0. The van der Waals surface area contributed by atoms with Gasteiger partial charge in [-0.2, -0.15) is 0 Å². The van der Waals surface area contributed by atoms with Gasteiger partial charge in [-0.1, -0.05) is 45.9 Å². The van der Waals surface area contributed by atoms with Crippen molar-refractivity contribution in [2.75, 3.05) is 0 Å². The first-order chi connectivity index (χ1) is 12.0. The zero-order chi connectivity index (χ0) is 19.7. The van der Waals surface area contributed by atoms with E-state index in [2.05, 4.69) is 0 Å². The van der Waals surface area contributed by atoms with E-state index in [9.17, 15) is 9.59 Å². The molecule has 146 valence electrons. The van der Waals surface area contributed by atoms with Gasteiger partial charge in [0.05, 0.1) is 16.8 Å². The van der Waals surface area contributed by atoms with Crippen LogP contribution in [0.2, 0.25) is 10.0 Å². The maximum atomic E-state index is 13.2. The number of rotatable bonds is 2. The van der Waals surface area contributed by atoms with Crippen LogP contribution in [0.4, 0.5) is 0 Å². The Balaban J connectivity index is 0.00000364. The summed E-state index contributed by atoms with van der Waals surface area (Å²) in [6, 6.07) is 12.6. The first-order valence-electron chi connectivity index (χ1n) is 7.64. The molecule has 0 bridgehead atoms. The van der Waals surface area contributed by atoms with E-state index in [0.29, 0.717) is 9.55 Å². The van der Waals surface area contributed by atoms with Crippen LogP contribution < -0.4 is 0 Å². The minimum Gasteiger partial charge on any atom is -0.262 e. The van der Waals surface area contributed by atoms with Crippen molar-refractivity contribution in [1.29, 1.82) is 0 Å². The number of benzene rings is 2. The van der Waals surface area contributed by atoms with E-state index in [1.165, 1.54) is 18.2 Å². The number of halogens is 5. The molecular formula is C18H18Cl5N2O2+. The Morgan fingerprint density at radius 3 is 2.11 bits per heavy atom. The summed E-state index contributed by atoms with van der Waals surface area (Å²) >= 11 is 25.1. The van der Waals surface area contributed by atoms with Gasteiger partial charge in [0, 0.05) is 10.6 Å². The van der Waals surface area contributed by atoms with E-state index >= 15 is 0 Å². The van der Waals surface area contributed by atoms with Crippen LogP contribution in [-0.4, -0.2) is 26.0 Å². The Labute approximate surface area is 184 Å². The molecule has 27 heavy (non-hydrogen) atoms. The molecule has 2 aromatic carbocycles. The molecule has 0 saturated carbocycles. The van der Waals surface area contributed by atoms with Crippen molar-refractivity contribution >= 4 is 71.0 Å². The Hall–Kier alpha value is -1.01. The predicted octanol–water partition coefficient (Wildman–Crippen LogP) is 6.54. The molecule has 9 heteroatoms. The number of hydrogen-bond acceptors (Lipinski definition) is 2. The number of carbonyl (C=O) groups is 2. The molecule has 0 aliphatic carbocycles. The standard InChI is InChI=1S/C18H17Cl4N2O2.ClH/c1-18(2,3)24(22,17(26)14-9-4-5-10-15(14)20)23(21)16(25)12-7-6-8-13(19)11-12;/h4-11H,1-3H3;1H/q+1;. The Bertz CT molecular complexity index is 854. The summed E-state index contributed by atoms with van der Waals surface area (Å²) in [5.74, 6) is -1.30. The van der Waals surface area contributed by atoms with Crippen molar-refractivity contribution in [1.82, 2.24) is 4.53 Å². The predicted molar refractivity (Wildman–Crippen MR) is 112 cm³/mol. The molecule has 0 radical (unpaired) electrons. The molecule has 0 spiro atoms. The lowest BCUT2D eigenvalue weighted by Gasteiger charge is -2.40. The van der Waals surface area contributed by atoms with Crippen LogP contribution in [-0.2, 0) is 0 Å². The number of quaternary nitrogens is 1. The van der Waals surface area contributed by atoms with E-state index in [4.69, 9.17) is 46.8 Å². The van der Waals surface area contributed by atoms with E-state index < -0.39 is 21.5 Å². The fourth-order valence-corrected chi connectivity index (χ4v) is 3.25. The fourth-order valence-electron chi connectivity index (χ4n) is 2.30. The van der Waals surface area contributed by atoms with Crippen molar-refractivity contribution < 1.29 is 13.7 Å². The SMILES string of the molecule is CC(C)(C)[N+](Cl)(C(=O)c1ccccc1Cl)N(Cl)C(=O)c1cccc(Cl)c1.Cl. The number of amides is 2. The highest BCUT2D eigenvalue weighted by Gasteiger charge is 2.56. The van der Waals surface area contributed by atoms with Crippen LogP contribution in [0.25, 0.3) is 0 Å². The van der Waals surface area contributed by atoms with Crippen molar-refractivity contribution in [3.63, 3.8) is 0 Å². The van der Waals surface area contributed by atoms with Gasteiger partial charge in [-0.05, 0) is 55.2 Å². The Morgan fingerprint density at radius 2 is 1.59 bits per heavy atom. The summed E-state index contributed by atoms with van der Waals surface area (Å²) < 4.78 is -0.373. The third kappa shape index (κ3) is 4.70. The minimum atomic E-state index is -1.04. The molecule has 2 aromatic rings. The average molecular weight is 472 g/mol. The van der Waals surface area contributed by atoms with Crippen molar-refractivity contribution in [3.8, 4) is 0 Å². The lowest BCUT2D eigenvalue weighted by atomic mass is 10.1. The number of nitrogens with zero attached hydrogens (tertiary/aromatic N) is 2. The van der Waals surface area contributed by atoms with Crippen LogP contribution in [0.3, 0.4) is 0 Å². The molecule has 0 saturated heterocycles. The second-order valence-corrected chi connectivity index (χ2v) is 8.24. The highest BCUT2D eigenvalue weighted by atomic mass is 35.5. The first-order valence-corrected chi connectivity index (χ1v) is 9.08. The van der Waals surface area contributed by atoms with E-state index in [0.717, 1.165) is 0 Å². The summed E-state index contributed by atoms with van der Waals surface area (Å²) in [5.41, 5.74) is -0.608. The van der Waals surface area contributed by atoms with Crippen LogP contribution in [0.1, 0.15) is 41.5 Å². The lowest BCUT2D eigenvalue weighted by Crippen LogP contribution is -2.64. The lowest BCUT2D eigenvalue weighted by molar-refractivity contribution is -0.871. The van der Waals surface area contributed by atoms with Crippen molar-refractivity contribution in [3.05, 3.63) is 69.7 Å². The molecular weight excluding hydrogens is 453 g/mol. The van der Waals surface area contributed by atoms with Gasteiger partial charge in [-0.3, -0.25) is 4.79 Å². The highest BCUT2D eigenvalue weighted by molar-refractivity contribution is 6.34. The second kappa shape index (κ2) is 8.99. The quantitative estimate of drug-likeness (QED) is 0.369. The fraction of sp³-hybridized carbons (Fsp3) is 0.222. The molecule has 0 aromatic heterocycles. The Kier molecular flexibility index (Phi) is 8.00. The summed E-state index contributed by atoms with van der Waals surface area (Å²) in [6.07, 6.45) is 0. The number of hydrogen-bond donors (Lipinski definition) is 0. The van der Waals surface area contributed by atoms with Crippen LogP contribution >= 0.6 is 59.2 Å². The smallest absolute Gasteiger partial charge is 0.262 e. The van der Waals surface area contributed by atoms with E-state index in [1.54, 1.807) is 51.1 Å². The summed E-state index contributed by atoms with van der Waals surface area (Å²) in [6.45, 7) is 5.07. The molecule has 2 amide bonds. The van der Waals surface area contributed by atoms with Gasteiger partial charge in [0.25, 0.3) is 0 Å². The molecule has 2 rings (SSSR count). The maximum Gasteiger partial charge on any atom is 0.391 e. The molecule has 0 fully saturated rings. The molecule has 0 aliphatic rings. The van der Waals surface area contributed by atoms with Crippen LogP contribution in [0.15, 0.2) is 48.5 Å². The third-order valence-electron chi connectivity index (χ3n) is 3.74. The average Bonchev–Trinajstić information content (AvgIpc) is 2.58. The Morgan fingerprint density at radius 1 is 1.00 bits per heavy atom. The van der Waals surface area contributed by atoms with Gasteiger partial charge in [0.2, 0.25) is 11.8 Å². The molecule has 1 atom stereocenters. The van der Waals surface area contributed by atoms with E-state index in [-0.39, 0.29) is 28.6 Å². The maximum absolute atomic E-state index is 13.2. The van der Waals surface area contributed by atoms with Gasteiger partial charge in [-0.15, -0.1) is 12.4 Å². The zero-order valence-electron chi connectivity index (χ0n) is 14.7. The van der Waals surface area contributed by atoms with Gasteiger partial charge in [0.15, 0.2) is 0 Å². The molecule has 0 N–H and O–H groups in total. The molecule has 0 heterocycles.